The second kappa shape index (κ2) is 23.0. The number of nitrogens with one attached hydrogen (secondary N) is 1. The van der Waals surface area contributed by atoms with Crippen LogP contribution >= 0.6 is 34.8 Å². The lowest BCUT2D eigenvalue weighted by molar-refractivity contribution is -0.346. The minimum atomic E-state index is -2.63. The topological polar surface area (TPSA) is 269 Å². The molecular formula is C55H58Cl3NO19. The van der Waals surface area contributed by atoms with Crippen molar-refractivity contribution in [2.24, 2.45) is 16.7 Å². The van der Waals surface area contributed by atoms with Crippen LogP contribution in [-0.4, -0.2) is 130 Å². The van der Waals surface area contributed by atoms with Crippen LogP contribution < -0.4 is 5.32 Å². The SMILES string of the molecule is CC(=O)OC(C)C(=O)O[C@H]1C[C@H]2OC[C@@]2(OC(C)=O)C2C(OC(=O)c3ccccc3)[C@]3(O)C[C@H](OC(=O)[C@H](OC(=O)OCC(Cl)(Cl)Cl)[C@@H](NC(=O)c4ccccc4)c4ccccc4)C(C)=C([C@@H](OC(C)=O)C(=O)[C@@]21C)C3(C)C. The molecule has 2 N–H and O–H groups in total. The molecule has 23 heteroatoms. The van der Waals surface area contributed by atoms with Gasteiger partial charge in [-0.25, -0.2) is 19.2 Å². The lowest BCUT2D eigenvalue weighted by Gasteiger charge is -2.67. The summed E-state index contributed by atoms with van der Waals surface area (Å²) in [4.78, 5) is 127. The molecule has 0 radical (unpaired) electrons. The fourth-order valence-corrected chi connectivity index (χ4v) is 11.4. The van der Waals surface area contributed by atoms with Crippen LogP contribution in [0.1, 0.15) is 101 Å². The van der Waals surface area contributed by atoms with Gasteiger partial charge in [-0.1, -0.05) is 115 Å². The number of esters is 6. The number of benzene rings is 3. The maximum Gasteiger partial charge on any atom is 0.509 e. The molecule has 3 unspecified atom stereocenters. The Bertz CT molecular complexity index is 2860. The number of aliphatic hydroxyl groups is 1. The van der Waals surface area contributed by atoms with E-state index in [0.29, 0.717) is 0 Å². The number of halogens is 3. The molecule has 12 atom stereocenters. The van der Waals surface area contributed by atoms with E-state index in [1.165, 1.54) is 83.1 Å². The first-order chi connectivity index (χ1) is 36.5. The molecule has 4 aliphatic rings. The van der Waals surface area contributed by atoms with Crippen molar-refractivity contribution in [2.75, 3.05) is 13.2 Å². The number of Topliss-reactive ketones (excluding diaryl/α,β-unsaturated/α-hetero) is 1. The van der Waals surface area contributed by atoms with Crippen LogP contribution in [0.2, 0.25) is 0 Å². The summed E-state index contributed by atoms with van der Waals surface area (Å²) < 4.78 is 50.9. The molecule has 1 saturated heterocycles. The maximum atomic E-state index is 16.3. The van der Waals surface area contributed by atoms with Gasteiger partial charge in [0.15, 0.2) is 23.6 Å². The van der Waals surface area contributed by atoms with Gasteiger partial charge in [0.1, 0.15) is 42.7 Å². The summed E-state index contributed by atoms with van der Waals surface area (Å²) in [6.07, 6.45) is -15.1. The van der Waals surface area contributed by atoms with Crippen molar-refractivity contribution in [2.45, 2.75) is 132 Å². The Morgan fingerprint density at radius 1 is 0.769 bits per heavy atom. The van der Waals surface area contributed by atoms with Gasteiger partial charge in [-0.3, -0.25) is 24.0 Å². The Kier molecular flexibility index (Phi) is 17.4. The van der Waals surface area contributed by atoms with Gasteiger partial charge in [0.05, 0.1) is 23.5 Å². The second-order valence-corrected chi connectivity index (χ2v) is 22.8. The van der Waals surface area contributed by atoms with Gasteiger partial charge in [-0.15, -0.1) is 0 Å². The normalized spacial score (nSPS) is 28.1. The third-order valence-electron chi connectivity index (χ3n) is 14.9. The number of ether oxygens (including phenoxy) is 9. The summed E-state index contributed by atoms with van der Waals surface area (Å²) in [5, 5.41) is 16.9. The third-order valence-corrected chi connectivity index (χ3v) is 15.3. The van der Waals surface area contributed by atoms with Crippen LogP contribution in [0.25, 0.3) is 0 Å². The van der Waals surface area contributed by atoms with Crippen LogP contribution in [0.15, 0.2) is 102 Å². The first-order valence-corrected chi connectivity index (χ1v) is 25.8. The summed E-state index contributed by atoms with van der Waals surface area (Å²) in [5.41, 5.74) is -8.66. The molecule has 2 saturated carbocycles. The zero-order valence-electron chi connectivity index (χ0n) is 43.6. The summed E-state index contributed by atoms with van der Waals surface area (Å²) in [6, 6.07) is 21.6. The van der Waals surface area contributed by atoms with E-state index in [9.17, 15) is 38.7 Å². The van der Waals surface area contributed by atoms with E-state index >= 15 is 9.59 Å². The molecule has 20 nitrogen and oxygen atoms in total. The number of hydrogen-bond donors (Lipinski definition) is 2. The molecule has 418 valence electrons. The fourth-order valence-electron chi connectivity index (χ4n) is 11.2. The Morgan fingerprint density at radius 2 is 1.36 bits per heavy atom. The van der Waals surface area contributed by atoms with Crippen molar-refractivity contribution < 1.29 is 90.9 Å². The number of carbonyl (C=O) groups is 9. The number of rotatable bonds is 15. The number of carbonyl (C=O) groups excluding carboxylic acids is 9. The lowest BCUT2D eigenvalue weighted by Crippen LogP contribution is -2.82. The Hall–Kier alpha value is -6.58. The van der Waals surface area contributed by atoms with Gasteiger partial charge in [0, 0.05) is 44.6 Å². The molecule has 3 aromatic carbocycles. The highest BCUT2D eigenvalue weighted by Gasteiger charge is 2.79. The van der Waals surface area contributed by atoms with Gasteiger partial charge < -0.3 is 53.1 Å². The van der Waals surface area contributed by atoms with E-state index < -0.39 is 154 Å². The van der Waals surface area contributed by atoms with Gasteiger partial charge in [-0.2, -0.15) is 0 Å². The number of amides is 1. The molecule has 3 aliphatic carbocycles. The van der Waals surface area contributed by atoms with Crippen LogP contribution in [0, 0.1) is 16.7 Å². The quantitative estimate of drug-likeness (QED) is 0.0688. The minimum Gasteiger partial charge on any atom is -0.458 e. The monoisotopic (exact) mass is 1140 g/mol. The number of hydrogen-bond acceptors (Lipinski definition) is 19. The van der Waals surface area contributed by atoms with Crippen molar-refractivity contribution in [3.8, 4) is 0 Å². The maximum absolute atomic E-state index is 16.3. The third kappa shape index (κ3) is 11.7. The van der Waals surface area contributed by atoms with Crippen molar-refractivity contribution in [3.63, 3.8) is 0 Å². The average Bonchev–Trinajstić information content (AvgIpc) is 2.58. The Labute approximate surface area is 463 Å². The molecule has 1 heterocycles. The first kappa shape index (κ1) is 59.1. The highest BCUT2D eigenvalue weighted by molar-refractivity contribution is 6.67. The predicted molar refractivity (Wildman–Crippen MR) is 273 cm³/mol. The minimum absolute atomic E-state index is 0.00214. The van der Waals surface area contributed by atoms with Crippen LogP contribution in [0.4, 0.5) is 4.79 Å². The van der Waals surface area contributed by atoms with E-state index in [1.807, 2.05) is 0 Å². The van der Waals surface area contributed by atoms with Crippen molar-refractivity contribution in [1.29, 1.82) is 0 Å². The van der Waals surface area contributed by atoms with E-state index in [-0.39, 0.29) is 34.3 Å². The number of alkyl halides is 3. The van der Waals surface area contributed by atoms with E-state index in [1.54, 1.807) is 42.5 Å². The number of fused-ring (bicyclic) bond motifs is 5. The largest absolute Gasteiger partial charge is 0.509 e. The van der Waals surface area contributed by atoms with Crippen LogP contribution in [0.3, 0.4) is 0 Å². The van der Waals surface area contributed by atoms with Gasteiger partial charge in [-0.05, 0) is 61.7 Å². The molecule has 1 amide bonds. The molecule has 0 aromatic heterocycles. The summed E-state index contributed by atoms with van der Waals surface area (Å²) in [5.74, 6) is -9.87. The van der Waals surface area contributed by atoms with Crippen molar-refractivity contribution >= 4 is 88.5 Å². The summed E-state index contributed by atoms with van der Waals surface area (Å²) in [6.45, 7) is 8.78. The lowest BCUT2D eigenvalue weighted by atomic mass is 9.44. The van der Waals surface area contributed by atoms with E-state index in [0.717, 1.165) is 20.8 Å². The van der Waals surface area contributed by atoms with Crippen molar-refractivity contribution in [3.05, 3.63) is 119 Å². The predicted octanol–water partition coefficient (Wildman–Crippen LogP) is 6.77. The van der Waals surface area contributed by atoms with Crippen molar-refractivity contribution in [1.82, 2.24) is 5.32 Å². The average molecular weight is 1140 g/mol. The van der Waals surface area contributed by atoms with Crippen LogP contribution in [-0.2, 0) is 71.4 Å². The van der Waals surface area contributed by atoms with Gasteiger partial charge >= 0.3 is 42.0 Å². The first-order valence-electron chi connectivity index (χ1n) is 24.7. The smallest absolute Gasteiger partial charge is 0.458 e. The molecule has 3 fully saturated rings. The molecule has 1 aliphatic heterocycles. The Morgan fingerprint density at radius 3 is 1.90 bits per heavy atom. The fraction of sp³-hybridized carbons (Fsp3) is 0.473. The van der Waals surface area contributed by atoms with Crippen LogP contribution in [0.5, 0.6) is 0 Å². The van der Waals surface area contributed by atoms with E-state index in [2.05, 4.69) is 5.32 Å². The highest BCUT2D eigenvalue weighted by atomic mass is 35.6. The standard InChI is InChI=1S/C55H58Cl3NO19/c1-28-36(74-49(67)42(76-50(68)71-27-55(56,57)58)40(33-18-12-9-13-19-33)59-46(64)34-20-14-10-15-21-34)25-54(69)45(77-48(66)35-22-16-11-17-23-35)43-52(8,44(63)41(73-31(4)61)39(28)51(54,6)7)37(75-47(65)29(2)72-30(3)60)24-38-53(43,26-70-38)78-32(5)62/h9-23,29,36-38,40-43,45,69H,24-27H2,1-8H3,(H,59,64)/t29?,36-,37-,38+,40-,41+,42+,43?,45?,52+,53-,54+/m0/s1. The second-order valence-electron chi connectivity index (χ2n) is 20.3. The highest BCUT2D eigenvalue weighted by Crippen LogP contribution is 2.65. The summed E-state index contributed by atoms with van der Waals surface area (Å²) in [7, 11) is 0. The molecule has 78 heavy (non-hydrogen) atoms. The Balaban J connectivity index is 1.46. The van der Waals surface area contributed by atoms with E-state index in [4.69, 9.17) is 77.4 Å². The summed E-state index contributed by atoms with van der Waals surface area (Å²) >= 11 is 17.7. The zero-order chi connectivity index (χ0) is 57.3. The molecule has 3 aromatic rings. The van der Waals surface area contributed by atoms with Gasteiger partial charge in [0.2, 0.25) is 9.90 Å². The zero-order valence-corrected chi connectivity index (χ0v) is 45.9. The molecule has 0 spiro atoms. The molecular weight excluding hydrogens is 1080 g/mol. The number of ketones is 1. The molecule has 2 bridgehead atoms. The van der Waals surface area contributed by atoms with Gasteiger partial charge in [0.25, 0.3) is 5.91 Å². The molecule has 7 rings (SSSR count).